The van der Waals surface area contributed by atoms with Crippen molar-refractivity contribution in [3.05, 3.63) is 78.9 Å². The van der Waals surface area contributed by atoms with E-state index in [0.29, 0.717) is 22.2 Å². The molecular weight excluding hydrogens is 488 g/mol. The Kier molecular flexibility index (Phi) is 7.28. The first-order valence-electron chi connectivity index (χ1n) is 10.4. The largest absolute Gasteiger partial charge is 0.497 e. The van der Waals surface area contributed by atoms with Gasteiger partial charge in [-0.05, 0) is 48.5 Å². The number of methoxy groups -OCH3 is 2. The number of aromatic nitrogens is 2. The summed E-state index contributed by atoms with van der Waals surface area (Å²) in [5.74, 6) is 0.609. The van der Waals surface area contributed by atoms with Crippen LogP contribution in [0.15, 0.2) is 83.8 Å². The van der Waals surface area contributed by atoms with Gasteiger partial charge >= 0.3 is 0 Å². The van der Waals surface area contributed by atoms with Crippen LogP contribution < -0.4 is 19.1 Å². The van der Waals surface area contributed by atoms with Crippen molar-refractivity contribution in [3.63, 3.8) is 0 Å². The van der Waals surface area contributed by atoms with Crippen molar-refractivity contribution in [3.8, 4) is 22.1 Å². The van der Waals surface area contributed by atoms with E-state index in [1.807, 2.05) is 12.1 Å². The molecule has 3 aromatic carbocycles. The Morgan fingerprint density at radius 3 is 2.31 bits per heavy atom. The molecule has 0 aliphatic carbocycles. The van der Waals surface area contributed by atoms with Gasteiger partial charge in [-0.2, -0.15) is 0 Å². The number of benzene rings is 3. The van der Waals surface area contributed by atoms with Gasteiger partial charge in [-0.1, -0.05) is 35.6 Å². The fraction of sp³-hybridized carbons (Fsp3) is 0.125. The van der Waals surface area contributed by atoms with Crippen molar-refractivity contribution < 1.29 is 22.7 Å². The quantitative estimate of drug-likeness (QED) is 0.362. The van der Waals surface area contributed by atoms with Crippen LogP contribution in [0.3, 0.4) is 0 Å². The van der Waals surface area contributed by atoms with Gasteiger partial charge in [0.2, 0.25) is 11.0 Å². The molecule has 9 nitrogen and oxygen atoms in total. The lowest BCUT2D eigenvalue weighted by Gasteiger charge is -2.24. The van der Waals surface area contributed by atoms with Crippen LogP contribution in [0.4, 0.5) is 10.8 Å². The van der Waals surface area contributed by atoms with Gasteiger partial charge in [-0.15, -0.1) is 10.2 Å². The van der Waals surface area contributed by atoms with Crippen LogP contribution in [-0.4, -0.2) is 45.3 Å². The topological polar surface area (TPSA) is 111 Å². The van der Waals surface area contributed by atoms with E-state index in [-0.39, 0.29) is 10.0 Å². The summed E-state index contributed by atoms with van der Waals surface area (Å²) in [6, 6.07) is 21.7. The Hall–Kier alpha value is -3.96. The second kappa shape index (κ2) is 10.5. The number of amides is 1. The summed E-state index contributed by atoms with van der Waals surface area (Å²) in [5.41, 5.74) is 1.10. The van der Waals surface area contributed by atoms with Crippen LogP contribution in [0.1, 0.15) is 0 Å². The number of hydrogen-bond donors (Lipinski definition) is 1. The minimum absolute atomic E-state index is 0.0633. The first kappa shape index (κ1) is 24.2. The highest BCUT2D eigenvalue weighted by atomic mass is 32.2. The van der Waals surface area contributed by atoms with E-state index in [0.717, 1.165) is 9.87 Å². The molecule has 4 aromatic rings. The minimum Gasteiger partial charge on any atom is -0.497 e. The molecule has 0 saturated heterocycles. The minimum atomic E-state index is -4.04. The molecular formula is C24H22N4O5S2. The Labute approximate surface area is 207 Å². The van der Waals surface area contributed by atoms with Gasteiger partial charge in [0.25, 0.3) is 10.0 Å². The summed E-state index contributed by atoms with van der Waals surface area (Å²) < 4.78 is 38.3. The van der Waals surface area contributed by atoms with Crippen LogP contribution in [0.5, 0.6) is 11.5 Å². The van der Waals surface area contributed by atoms with Crippen molar-refractivity contribution in [2.24, 2.45) is 0 Å². The zero-order valence-corrected chi connectivity index (χ0v) is 20.5. The fourth-order valence-electron chi connectivity index (χ4n) is 3.21. The van der Waals surface area contributed by atoms with E-state index in [4.69, 9.17) is 9.47 Å². The molecule has 0 aliphatic heterocycles. The molecule has 0 radical (unpaired) electrons. The number of anilines is 2. The third kappa shape index (κ3) is 5.58. The van der Waals surface area contributed by atoms with Gasteiger partial charge in [0.05, 0.1) is 24.8 Å². The summed E-state index contributed by atoms with van der Waals surface area (Å²) in [7, 11) is -0.971. The van der Waals surface area contributed by atoms with Gasteiger partial charge in [-0.3, -0.25) is 14.4 Å². The van der Waals surface area contributed by atoms with Crippen molar-refractivity contribution in [2.75, 3.05) is 30.4 Å². The normalized spacial score (nSPS) is 11.0. The average Bonchev–Trinajstić information content (AvgIpc) is 3.36. The highest BCUT2D eigenvalue weighted by molar-refractivity contribution is 7.92. The van der Waals surface area contributed by atoms with Gasteiger partial charge in [0, 0.05) is 11.6 Å². The maximum absolute atomic E-state index is 13.4. The molecule has 0 fully saturated rings. The zero-order chi connectivity index (χ0) is 24.8. The number of carbonyl (C=O) groups is 1. The lowest BCUT2D eigenvalue weighted by Crippen LogP contribution is -2.38. The number of hydrogen-bond acceptors (Lipinski definition) is 8. The maximum Gasteiger partial charge on any atom is 0.264 e. The van der Waals surface area contributed by atoms with Crippen LogP contribution >= 0.6 is 11.3 Å². The van der Waals surface area contributed by atoms with E-state index >= 15 is 0 Å². The molecule has 0 spiro atoms. The van der Waals surface area contributed by atoms with Crippen LogP contribution in [0, 0.1) is 0 Å². The van der Waals surface area contributed by atoms with Crippen LogP contribution in [0.25, 0.3) is 10.6 Å². The predicted octanol–water partition coefficient (Wildman–Crippen LogP) is 4.06. The predicted molar refractivity (Wildman–Crippen MR) is 134 cm³/mol. The third-order valence-corrected chi connectivity index (χ3v) is 7.64. The Morgan fingerprint density at radius 2 is 1.63 bits per heavy atom. The lowest BCUT2D eigenvalue weighted by molar-refractivity contribution is -0.114. The molecule has 11 heteroatoms. The summed E-state index contributed by atoms with van der Waals surface area (Å²) >= 11 is 1.18. The number of nitrogens with zero attached hydrogens (tertiary/aromatic N) is 3. The molecule has 0 aliphatic rings. The smallest absolute Gasteiger partial charge is 0.264 e. The van der Waals surface area contributed by atoms with Crippen molar-refractivity contribution in [1.82, 2.24) is 10.2 Å². The number of ether oxygens (including phenoxy) is 2. The monoisotopic (exact) mass is 510 g/mol. The third-order valence-electron chi connectivity index (χ3n) is 4.97. The average molecular weight is 511 g/mol. The highest BCUT2D eigenvalue weighted by Gasteiger charge is 2.28. The van der Waals surface area contributed by atoms with Crippen molar-refractivity contribution >= 4 is 38.1 Å². The van der Waals surface area contributed by atoms with E-state index in [1.165, 1.54) is 30.6 Å². The highest BCUT2D eigenvalue weighted by Crippen LogP contribution is 2.29. The zero-order valence-electron chi connectivity index (χ0n) is 18.9. The molecule has 180 valence electrons. The molecule has 0 unspecified atom stereocenters. The van der Waals surface area contributed by atoms with E-state index in [1.54, 1.807) is 61.7 Å². The first-order valence-corrected chi connectivity index (χ1v) is 12.7. The summed E-state index contributed by atoms with van der Waals surface area (Å²) in [6.07, 6.45) is 0. The van der Waals surface area contributed by atoms with Crippen LogP contribution in [0.2, 0.25) is 0 Å². The first-order chi connectivity index (χ1) is 16.9. The number of rotatable bonds is 9. The lowest BCUT2D eigenvalue weighted by atomic mass is 10.2. The van der Waals surface area contributed by atoms with Gasteiger partial charge in [0.1, 0.15) is 23.1 Å². The second-order valence-electron chi connectivity index (χ2n) is 7.22. The standard InChI is InChI=1S/C24H22N4O5S2/c1-32-19-13-11-17(12-14-19)23-26-27-24(34-23)25-22(29)16-28(18-7-6-8-20(15-18)33-2)35(30,31)21-9-4-3-5-10-21/h3-15H,16H2,1-2H3,(H,25,27,29). The molecule has 0 bridgehead atoms. The summed E-state index contributed by atoms with van der Waals surface area (Å²) in [5, 5.41) is 11.6. The Morgan fingerprint density at radius 1 is 0.914 bits per heavy atom. The molecule has 4 rings (SSSR count). The molecule has 1 N–H and O–H groups in total. The van der Waals surface area contributed by atoms with Crippen LogP contribution in [-0.2, 0) is 14.8 Å². The Balaban J connectivity index is 1.57. The van der Waals surface area contributed by atoms with Crippen molar-refractivity contribution in [1.29, 1.82) is 0 Å². The summed E-state index contributed by atoms with van der Waals surface area (Å²) in [6.45, 7) is -0.470. The fourth-order valence-corrected chi connectivity index (χ4v) is 5.41. The van der Waals surface area contributed by atoms with Gasteiger partial charge in [-0.25, -0.2) is 8.42 Å². The second-order valence-corrected chi connectivity index (χ2v) is 10.1. The number of carbonyl (C=O) groups excluding carboxylic acids is 1. The van der Waals surface area contributed by atoms with Crippen molar-refractivity contribution in [2.45, 2.75) is 4.90 Å². The SMILES string of the molecule is COc1ccc(-c2nnc(NC(=O)CN(c3cccc(OC)c3)S(=O)(=O)c3ccccc3)s2)cc1. The maximum atomic E-state index is 13.4. The molecule has 0 atom stereocenters. The number of nitrogens with one attached hydrogen (secondary N) is 1. The van der Waals surface area contributed by atoms with E-state index in [9.17, 15) is 13.2 Å². The molecule has 35 heavy (non-hydrogen) atoms. The summed E-state index contributed by atoms with van der Waals surface area (Å²) in [4.78, 5) is 13.0. The van der Waals surface area contributed by atoms with Gasteiger partial charge in [0.15, 0.2) is 0 Å². The molecule has 1 amide bonds. The molecule has 1 aromatic heterocycles. The molecule has 0 saturated carbocycles. The van der Waals surface area contributed by atoms with Gasteiger partial charge < -0.3 is 9.47 Å². The van der Waals surface area contributed by atoms with E-state index in [2.05, 4.69) is 15.5 Å². The Bertz CT molecular complexity index is 1410. The molecule has 1 heterocycles. The number of sulfonamides is 1. The van der Waals surface area contributed by atoms with E-state index < -0.39 is 22.5 Å².